The molecule has 0 aromatic rings. The molecular weight excluding hydrogens is 266 g/mol. The van der Waals surface area contributed by atoms with Crippen LogP contribution in [0.15, 0.2) is 0 Å². The van der Waals surface area contributed by atoms with Gasteiger partial charge in [-0.15, -0.1) is 0 Å². The smallest absolute Gasteiger partial charge is 0.326 e. The minimum absolute atomic E-state index is 0.357. The summed E-state index contributed by atoms with van der Waals surface area (Å²) in [6, 6.07) is 0. The highest BCUT2D eigenvalue weighted by molar-refractivity contribution is 5.78. The third kappa shape index (κ3) is 10.7. The van der Waals surface area contributed by atoms with Gasteiger partial charge in [-0.1, -0.05) is 84.0 Å². The van der Waals surface area contributed by atoms with Crippen LogP contribution in [0.5, 0.6) is 0 Å². The Hall–Kier alpha value is -0.610. The number of nitrogens with two attached hydrogens (primary N) is 1. The number of carboxylic acids is 1. The number of aliphatic hydroxyl groups is 1. The quantitative estimate of drug-likeness (QED) is 0.401. The van der Waals surface area contributed by atoms with Gasteiger partial charge in [0, 0.05) is 0 Å². The molecule has 0 saturated carbocycles. The standard InChI is InChI=1S/C17H35NO3/c1-2-3-4-5-6-7-8-9-10-11-12-13-14-17(18,15-19)16(20)21/h19H,2-15,18H2,1H3,(H,20,21). The summed E-state index contributed by atoms with van der Waals surface area (Å²) in [6.07, 6.45) is 15.2. The lowest BCUT2D eigenvalue weighted by Crippen LogP contribution is -2.51. The van der Waals surface area contributed by atoms with E-state index < -0.39 is 18.1 Å². The molecule has 1 unspecified atom stereocenters. The van der Waals surface area contributed by atoms with Crippen LogP contribution < -0.4 is 5.73 Å². The van der Waals surface area contributed by atoms with Crippen LogP contribution in [-0.4, -0.2) is 28.3 Å². The van der Waals surface area contributed by atoms with Crippen LogP contribution in [-0.2, 0) is 4.79 Å². The summed E-state index contributed by atoms with van der Waals surface area (Å²) in [4.78, 5) is 10.9. The first-order valence-electron chi connectivity index (χ1n) is 8.70. The van der Waals surface area contributed by atoms with E-state index in [2.05, 4.69) is 6.92 Å². The normalized spacial score (nSPS) is 14.0. The molecule has 0 amide bonds. The first-order valence-corrected chi connectivity index (χ1v) is 8.70. The van der Waals surface area contributed by atoms with Crippen LogP contribution >= 0.6 is 0 Å². The number of hydrogen-bond acceptors (Lipinski definition) is 3. The fourth-order valence-corrected chi connectivity index (χ4v) is 2.54. The van der Waals surface area contributed by atoms with Gasteiger partial charge in [0.2, 0.25) is 0 Å². The van der Waals surface area contributed by atoms with E-state index in [9.17, 15) is 4.79 Å². The summed E-state index contributed by atoms with van der Waals surface area (Å²) in [5, 5.41) is 18.0. The number of rotatable bonds is 15. The molecule has 4 nitrogen and oxygen atoms in total. The SMILES string of the molecule is CCCCCCCCCCCCCCC(N)(CO)C(=O)O. The lowest BCUT2D eigenvalue weighted by atomic mass is 9.94. The molecule has 4 N–H and O–H groups in total. The molecule has 4 heteroatoms. The van der Waals surface area contributed by atoms with E-state index in [4.69, 9.17) is 15.9 Å². The average molecular weight is 301 g/mol. The molecule has 0 spiro atoms. The molecule has 21 heavy (non-hydrogen) atoms. The summed E-state index contributed by atoms with van der Waals surface area (Å²) >= 11 is 0. The van der Waals surface area contributed by atoms with E-state index >= 15 is 0 Å². The first kappa shape index (κ1) is 20.4. The molecule has 0 heterocycles. The summed E-state index contributed by atoms with van der Waals surface area (Å²) in [6.45, 7) is 1.76. The molecule has 0 saturated heterocycles. The van der Waals surface area contributed by atoms with Gasteiger partial charge in [-0.25, -0.2) is 0 Å². The van der Waals surface area contributed by atoms with Gasteiger partial charge in [0.05, 0.1) is 6.61 Å². The van der Waals surface area contributed by atoms with E-state index in [0.717, 1.165) is 19.3 Å². The minimum atomic E-state index is -1.45. The molecule has 0 fully saturated rings. The summed E-state index contributed by atoms with van der Waals surface area (Å²) in [5.74, 6) is -1.10. The third-order valence-corrected chi connectivity index (χ3v) is 4.18. The maximum absolute atomic E-state index is 10.9. The largest absolute Gasteiger partial charge is 0.480 e. The molecule has 0 aliphatic rings. The van der Waals surface area contributed by atoms with Crippen LogP contribution in [0.1, 0.15) is 90.4 Å². The van der Waals surface area contributed by atoms with Gasteiger partial charge < -0.3 is 15.9 Å². The second-order valence-electron chi connectivity index (χ2n) is 6.26. The molecule has 0 bridgehead atoms. The van der Waals surface area contributed by atoms with Gasteiger partial charge in [-0.05, 0) is 6.42 Å². The summed E-state index contributed by atoms with van der Waals surface area (Å²) in [5.41, 5.74) is 4.18. The van der Waals surface area contributed by atoms with Crippen molar-refractivity contribution in [3.05, 3.63) is 0 Å². The van der Waals surface area contributed by atoms with Crippen molar-refractivity contribution in [2.75, 3.05) is 6.61 Å². The van der Waals surface area contributed by atoms with Crippen molar-refractivity contribution in [1.29, 1.82) is 0 Å². The Morgan fingerprint density at radius 2 is 1.24 bits per heavy atom. The molecule has 0 aliphatic heterocycles. The fraction of sp³-hybridized carbons (Fsp3) is 0.941. The number of unbranched alkanes of at least 4 members (excludes halogenated alkanes) is 11. The Bertz CT molecular complexity index is 258. The zero-order valence-corrected chi connectivity index (χ0v) is 13.8. The van der Waals surface area contributed by atoms with Gasteiger partial charge in [-0.3, -0.25) is 4.79 Å². The zero-order valence-electron chi connectivity index (χ0n) is 13.8. The lowest BCUT2D eigenvalue weighted by Gasteiger charge is -2.21. The van der Waals surface area contributed by atoms with Crippen LogP contribution in [0.25, 0.3) is 0 Å². The van der Waals surface area contributed by atoms with Crippen molar-refractivity contribution < 1.29 is 15.0 Å². The van der Waals surface area contributed by atoms with Crippen LogP contribution in [0.3, 0.4) is 0 Å². The second-order valence-corrected chi connectivity index (χ2v) is 6.26. The van der Waals surface area contributed by atoms with E-state index in [1.165, 1.54) is 57.8 Å². The minimum Gasteiger partial charge on any atom is -0.480 e. The Morgan fingerprint density at radius 3 is 1.57 bits per heavy atom. The highest BCUT2D eigenvalue weighted by atomic mass is 16.4. The maximum Gasteiger partial charge on any atom is 0.326 e. The second kappa shape index (κ2) is 13.1. The van der Waals surface area contributed by atoms with Gasteiger partial charge in [0.1, 0.15) is 5.54 Å². The van der Waals surface area contributed by atoms with Crippen LogP contribution in [0, 0.1) is 0 Å². The van der Waals surface area contributed by atoms with Crippen LogP contribution in [0.4, 0.5) is 0 Å². The Morgan fingerprint density at radius 1 is 0.857 bits per heavy atom. The highest BCUT2D eigenvalue weighted by Crippen LogP contribution is 2.15. The van der Waals surface area contributed by atoms with Gasteiger partial charge in [0.15, 0.2) is 0 Å². The Balaban J connectivity index is 3.31. The number of aliphatic carboxylic acids is 1. The molecule has 1 atom stereocenters. The molecule has 126 valence electrons. The monoisotopic (exact) mass is 301 g/mol. The molecule has 0 aromatic heterocycles. The van der Waals surface area contributed by atoms with Crippen molar-refractivity contribution in [2.45, 2.75) is 95.9 Å². The summed E-state index contributed by atoms with van der Waals surface area (Å²) < 4.78 is 0. The molecule has 0 aromatic carbocycles. The van der Waals surface area contributed by atoms with Crippen molar-refractivity contribution >= 4 is 5.97 Å². The number of aliphatic hydroxyl groups excluding tert-OH is 1. The lowest BCUT2D eigenvalue weighted by molar-refractivity contribution is -0.145. The highest BCUT2D eigenvalue weighted by Gasteiger charge is 2.32. The van der Waals surface area contributed by atoms with E-state index in [1.807, 2.05) is 0 Å². The molecular formula is C17H35NO3. The first-order chi connectivity index (χ1) is 10.1. The van der Waals surface area contributed by atoms with Gasteiger partial charge >= 0.3 is 5.97 Å². The van der Waals surface area contributed by atoms with Crippen molar-refractivity contribution in [1.82, 2.24) is 0 Å². The molecule has 0 radical (unpaired) electrons. The van der Waals surface area contributed by atoms with Gasteiger partial charge in [0.25, 0.3) is 0 Å². The van der Waals surface area contributed by atoms with E-state index in [0.29, 0.717) is 6.42 Å². The van der Waals surface area contributed by atoms with E-state index in [-0.39, 0.29) is 0 Å². The van der Waals surface area contributed by atoms with Crippen molar-refractivity contribution in [2.24, 2.45) is 5.73 Å². The summed E-state index contributed by atoms with van der Waals surface area (Å²) in [7, 11) is 0. The van der Waals surface area contributed by atoms with Gasteiger partial charge in [-0.2, -0.15) is 0 Å². The number of carbonyl (C=O) groups is 1. The Labute approximate surface area is 130 Å². The number of hydrogen-bond donors (Lipinski definition) is 3. The zero-order chi connectivity index (χ0) is 16.0. The van der Waals surface area contributed by atoms with Crippen molar-refractivity contribution in [3.63, 3.8) is 0 Å². The Kier molecular flexibility index (Phi) is 12.7. The van der Waals surface area contributed by atoms with Crippen LogP contribution in [0.2, 0.25) is 0 Å². The topological polar surface area (TPSA) is 83.5 Å². The fourth-order valence-electron chi connectivity index (χ4n) is 2.54. The maximum atomic E-state index is 10.9. The predicted octanol–water partition coefficient (Wildman–Crippen LogP) is 3.85. The van der Waals surface area contributed by atoms with Crippen molar-refractivity contribution in [3.8, 4) is 0 Å². The number of carboxylic acid groups (broad SMARTS) is 1. The molecule has 0 rings (SSSR count). The predicted molar refractivity (Wildman–Crippen MR) is 87.3 cm³/mol. The molecule has 0 aliphatic carbocycles. The van der Waals surface area contributed by atoms with E-state index in [1.54, 1.807) is 0 Å². The third-order valence-electron chi connectivity index (χ3n) is 4.18. The average Bonchev–Trinajstić information content (AvgIpc) is 2.47.